The van der Waals surface area contributed by atoms with Crippen molar-refractivity contribution in [2.45, 2.75) is 0 Å². The van der Waals surface area contributed by atoms with E-state index in [0.717, 1.165) is 11.6 Å². The fourth-order valence-electron chi connectivity index (χ4n) is 1.73. The highest BCUT2D eigenvalue weighted by Crippen LogP contribution is 2.06. The average molecular weight is 315 g/mol. The van der Waals surface area contributed by atoms with E-state index in [0.29, 0.717) is 5.56 Å². The highest BCUT2D eigenvalue weighted by Gasteiger charge is 2.12. The highest BCUT2D eigenvalue weighted by atomic mass is 19.1. The van der Waals surface area contributed by atoms with Crippen molar-refractivity contribution in [2.75, 3.05) is 7.11 Å². The van der Waals surface area contributed by atoms with Crippen LogP contribution in [0.15, 0.2) is 53.7 Å². The molecular formula is C16H14FN3O3. The third-order valence-electron chi connectivity index (χ3n) is 2.89. The molecule has 0 aliphatic heterocycles. The minimum atomic E-state index is -0.736. The first kappa shape index (κ1) is 16.2. The summed E-state index contributed by atoms with van der Waals surface area (Å²) < 4.78 is 13.4. The minimum absolute atomic E-state index is 0.154. The fourth-order valence-corrected chi connectivity index (χ4v) is 1.73. The van der Waals surface area contributed by atoms with Gasteiger partial charge in [-0.25, -0.2) is 4.39 Å². The van der Waals surface area contributed by atoms with Crippen LogP contribution < -0.4 is 10.9 Å². The molecule has 0 heterocycles. The summed E-state index contributed by atoms with van der Waals surface area (Å²) in [6.07, 6.45) is 1.49. The molecule has 0 fully saturated rings. The molecule has 2 aromatic rings. The van der Waals surface area contributed by atoms with E-state index in [-0.39, 0.29) is 5.56 Å². The van der Waals surface area contributed by atoms with Crippen molar-refractivity contribution >= 4 is 18.0 Å². The molecule has 0 spiro atoms. The number of carbonyl (C=O) groups excluding carboxylic acids is 2. The van der Waals surface area contributed by atoms with Crippen molar-refractivity contribution in [1.82, 2.24) is 10.9 Å². The third-order valence-corrected chi connectivity index (χ3v) is 2.89. The lowest BCUT2D eigenvalue weighted by atomic mass is 10.1. The van der Waals surface area contributed by atoms with Crippen molar-refractivity contribution in [2.24, 2.45) is 5.16 Å². The second-order valence-corrected chi connectivity index (χ2v) is 4.43. The Kier molecular flexibility index (Phi) is 5.40. The summed E-state index contributed by atoms with van der Waals surface area (Å²) in [5.74, 6) is -1.92. The van der Waals surface area contributed by atoms with Crippen molar-refractivity contribution in [1.29, 1.82) is 0 Å². The second kappa shape index (κ2) is 7.69. The van der Waals surface area contributed by atoms with E-state index in [1.54, 1.807) is 24.3 Å². The molecule has 6 nitrogen and oxygen atoms in total. The number of nitrogens with zero attached hydrogens (tertiary/aromatic N) is 1. The molecule has 0 bridgehead atoms. The Morgan fingerprint density at radius 3 is 2.35 bits per heavy atom. The normalized spacial score (nSPS) is 10.3. The van der Waals surface area contributed by atoms with Gasteiger partial charge < -0.3 is 4.84 Å². The van der Waals surface area contributed by atoms with E-state index in [9.17, 15) is 14.0 Å². The number of rotatable bonds is 4. The van der Waals surface area contributed by atoms with E-state index >= 15 is 0 Å². The van der Waals surface area contributed by atoms with Crippen LogP contribution in [0.2, 0.25) is 0 Å². The lowest BCUT2D eigenvalue weighted by Crippen LogP contribution is -2.41. The first-order chi connectivity index (χ1) is 11.1. The van der Waals surface area contributed by atoms with E-state index in [1.807, 2.05) is 0 Å². The SMILES string of the molecule is CO/N=C/c1ccc(C(=O)NNC(=O)c2ccccc2F)cc1. The van der Waals surface area contributed by atoms with Crippen LogP contribution in [0.5, 0.6) is 0 Å². The number of hydrogen-bond acceptors (Lipinski definition) is 4. The number of hydrogen-bond donors (Lipinski definition) is 2. The molecule has 0 aromatic heterocycles. The number of halogens is 1. The van der Waals surface area contributed by atoms with Gasteiger partial charge in [-0.3, -0.25) is 20.4 Å². The van der Waals surface area contributed by atoms with Gasteiger partial charge in [0.1, 0.15) is 12.9 Å². The molecule has 0 atom stereocenters. The number of nitrogens with one attached hydrogen (secondary N) is 2. The Labute approximate surface area is 131 Å². The van der Waals surface area contributed by atoms with Crippen LogP contribution in [0.1, 0.15) is 26.3 Å². The highest BCUT2D eigenvalue weighted by molar-refractivity contribution is 5.99. The molecule has 0 aliphatic rings. The van der Waals surface area contributed by atoms with Gasteiger partial charge in [0.25, 0.3) is 11.8 Å². The van der Waals surface area contributed by atoms with Crippen LogP contribution in [0, 0.1) is 5.82 Å². The average Bonchev–Trinajstić information content (AvgIpc) is 2.58. The second-order valence-electron chi connectivity index (χ2n) is 4.43. The maximum atomic E-state index is 13.4. The number of benzene rings is 2. The number of oxime groups is 1. The predicted octanol–water partition coefficient (Wildman–Crippen LogP) is 1.88. The molecular weight excluding hydrogens is 301 g/mol. The largest absolute Gasteiger partial charge is 0.399 e. The molecule has 2 aromatic carbocycles. The van der Waals surface area contributed by atoms with Crippen molar-refractivity contribution in [3.05, 3.63) is 71.0 Å². The first-order valence-corrected chi connectivity index (χ1v) is 6.63. The van der Waals surface area contributed by atoms with Gasteiger partial charge in [-0.05, 0) is 29.8 Å². The minimum Gasteiger partial charge on any atom is -0.399 e. The van der Waals surface area contributed by atoms with Crippen molar-refractivity contribution in [3.63, 3.8) is 0 Å². The molecule has 2 amide bonds. The van der Waals surface area contributed by atoms with E-state index in [2.05, 4.69) is 20.8 Å². The topological polar surface area (TPSA) is 79.8 Å². The summed E-state index contributed by atoms with van der Waals surface area (Å²) in [5, 5.41) is 3.60. The molecule has 2 rings (SSSR count). The summed E-state index contributed by atoms with van der Waals surface area (Å²) >= 11 is 0. The molecule has 0 saturated heterocycles. The number of hydrazine groups is 1. The zero-order chi connectivity index (χ0) is 16.7. The molecule has 2 N–H and O–H groups in total. The van der Waals surface area contributed by atoms with Gasteiger partial charge in [0.2, 0.25) is 0 Å². The van der Waals surface area contributed by atoms with Crippen LogP contribution in [-0.4, -0.2) is 25.1 Å². The van der Waals surface area contributed by atoms with Gasteiger partial charge in [0.15, 0.2) is 0 Å². The smallest absolute Gasteiger partial charge is 0.272 e. The summed E-state index contributed by atoms with van der Waals surface area (Å²) in [4.78, 5) is 28.2. The lowest BCUT2D eigenvalue weighted by Gasteiger charge is -2.08. The van der Waals surface area contributed by atoms with Crippen LogP contribution in [-0.2, 0) is 4.84 Å². The Morgan fingerprint density at radius 1 is 1.04 bits per heavy atom. The van der Waals surface area contributed by atoms with Crippen LogP contribution >= 0.6 is 0 Å². The van der Waals surface area contributed by atoms with E-state index in [1.165, 1.54) is 31.5 Å². The molecule has 0 saturated carbocycles. The Hall–Kier alpha value is -3.22. The summed E-state index contributed by atoms with van der Waals surface area (Å²) in [6, 6.07) is 11.9. The molecule has 23 heavy (non-hydrogen) atoms. The first-order valence-electron chi connectivity index (χ1n) is 6.63. The molecule has 0 aliphatic carbocycles. The molecule has 0 radical (unpaired) electrons. The fraction of sp³-hybridized carbons (Fsp3) is 0.0625. The Balaban J connectivity index is 1.96. The quantitative estimate of drug-likeness (QED) is 0.668. The van der Waals surface area contributed by atoms with Gasteiger partial charge in [-0.1, -0.05) is 29.4 Å². The Bertz CT molecular complexity index is 730. The zero-order valence-electron chi connectivity index (χ0n) is 12.2. The van der Waals surface area contributed by atoms with E-state index < -0.39 is 17.6 Å². The standard InChI is InChI=1S/C16H14FN3O3/c1-23-18-10-11-6-8-12(9-7-11)15(21)19-20-16(22)13-4-2-3-5-14(13)17/h2-10H,1H3,(H,19,21)(H,20,22)/b18-10+. The molecule has 7 heteroatoms. The Morgan fingerprint density at radius 2 is 1.70 bits per heavy atom. The van der Waals surface area contributed by atoms with Crippen LogP contribution in [0.3, 0.4) is 0 Å². The maximum absolute atomic E-state index is 13.4. The van der Waals surface area contributed by atoms with Gasteiger partial charge in [0, 0.05) is 5.56 Å². The van der Waals surface area contributed by atoms with Crippen molar-refractivity contribution in [3.8, 4) is 0 Å². The summed E-state index contributed by atoms with van der Waals surface area (Å²) in [6.45, 7) is 0. The summed E-state index contributed by atoms with van der Waals surface area (Å²) in [5.41, 5.74) is 5.31. The van der Waals surface area contributed by atoms with Crippen LogP contribution in [0.4, 0.5) is 4.39 Å². The lowest BCUT2D eigenvalue weighted by molar-refractivity contribution is 0.0844. The molecule has 0 unspecified atom stereocenters. The maximum Gasteiger partial charge on any atom is 0.272 e. The monoisotopic (exact) mass is 315 g/mol. The van der Waals surface area contributed by atoms with Gasteiger partial charge in [-0.15, -0.1) is 0 Å². The van der Waals surface area contributed by atoms with Gasteiger partial charge in [-0.2, -0.15) is 0 Å². The van der Waals surface area contributed by atoms with Crippen molar-refractivity contribution < 1.29 is 18.8 Å². The van der Waals surface area contributed by atoms with Gasteiger partial charge in [0.05, 0.1) is 11.8 Å². The van der Waals surface area contributed by atoms with E-state index in [4.69, 9.17) is 0 Å². The number of amides is 2. The summed E-state index contributed by atoms with van der Waals surface area (Å²) in [7, 11) is 1.43. The third kappa shape index (κ3) is 4.37. The van der Waals surface area contributed by atoms with Crippen LogP contribution in [0.25, 0.3) is 0 Å². The number of carbonyl (C=O) groups is 2. The predicted molar refractivity (Wildman–Crippen MR) is 82.4 cm³/mol. The molecule has 118 valence electrons. The van der Waals surface area contributed by atoms with Gasteiger partial charge >= 0.3 is 0 Å². The zero-order valence-corrected chi connectivity index (χ0v) is 12.2.